The number of carbonyl (C=O) groups is 1. The summed E-state index contributed by atoms with van der Waals surface area (Å²) in [6.07, 6.45) is 1.05. The average molecular weight is 459 g/mol. The molecule has 6 nitrogen and oxygen atoms in total. The standard InChI is InChI=1S/C15H13BrClN5OS2/c1-22-15(19-20-21-22)25-12-5-2-9(16)8-11(12)18-14(23)7-4-10-3-6-13(17)24-10/h2-3,5-6,8H,4,7H2,1H3,(H,18,23). The summed E-state index contributed by atoms with van der Waals surface area (Å²) in [6.45, 7) is 0. The van der Waals surface area contributed by atoms with Gasteiger partial charge in [0.25, 0.3) is 0 Å². The Morgan fingerprint density at radius 2 is 2.24 bits per heavy atom. The van der Waals surface area contributed by atoms with E-state index in [2.05, 4.69) is 36.8 Å². The van der Waals surface area contributed by atoms with Crippen LogP contribution in [0.3, 0.4) is 0 Å². The molecule has 0 spiro atoms. The molecule has 0 saturated heterocycles. The van der Waals surface area contributed by atoms with Crippen molar-refractivity contribution in [3.63, 3.8) is 0 Å². The molecule has 0 atom stereocenters. The van der Waals surface area contributed by atoms with E-state index in [0.717, 1.165) is 24.3 Å². The monoisotopic (exact) mass is 457 g/mol. The van der Waals surface area contributed by atoms with Crippen molar-refractivity contribution in [2.75, 3.05) is 5.32 Å². The van der Waals surface area contributed by atoms with Gasteiger partial charge in [0.15, 0.2) is 0 Å². The number of nitrogens with one attached hydrogen (secondary N) is 1. The molecule has 2 heterocycles. The summed E-state index contributed by atoms with van der Waals surface area (Å²) >= 11 is 12.2. The molecule has 0 aliphatic carbocycles. The number of carbonyl (C=O) groups excluding carboxylic acids is 1. The fraction of sp³-hybridized carbons (Fsp3) is 0.200. The number of amides is 1. The highest BCUT2D eigenvalue weighted by Crippen LogP contribution is 2.34. The quantitative estimate of drug-likeness (QED) is 0.592. The number of hydrogen-bond acceptors (Lipinski definition) is 6. The van der Waals surface area contributed by atoms with Crippen LogP contribution in [-0.2, 0) is 18.3 Å². The van der Waals surface area contributed by atoms with Gasteiger partial charge in [-0.1, -0.05) is 27.5 Å². The Labute approximate surface area is 166 Å². The Balaban J connectivity index is 1.69. The van der Waals surface area contributed by atoms with E-state index in [1.807, 2.05) is 30.3 Å². The van der Waals surface area contributed by atoms with E-state index in [4.69, 9.17) is 11.6 Å². The van der Waals surface area contributed by atoms with Crippen molar-refractivity contribution in [2.45, 2.75) is 22.9 Å². The third-order valence-electron chi connectivity index (χ3n) is 3.23. The van der Waals surface area contributed by atoms with E-state index in [0.29, 0.717) is 18.0 Å². The maximum atomic E-state index is 12.3. The van der Waals surface area contributed by atoms with Gasteiger partial charge in [-0.15, -0.1) is 16.4 Å². The molecule has 0 fully saturated rings. The number of aryl methyl sites for hydroxylation is 2. The van der Waals surface area contributed by atoms with Crippen molar-refractivity contribution in [1.82, 2.24) is 20.2 Å². The molecule has 0 aliphatic heterocycles. The number of rotatable bonds is 6. The Morgan fingerprint density at radius 3 is 2.92 bits per heavy atom. The van der Waals surface area contributed by atoms with Crippen LogP contribution in [0.4, 0.5) is 5.69 Å². The van der Waals surface area contributed by atoms with E-state index in [9.17, 15) is 4.79 Å². The topological polar surface area (TPSA) is 72.7 Å². The van der Waals surface area contributed by atoms with Gasteiger partial charge >= 0.3 is 0 Å². The van der Waals surface area contributed by atoms with E-state index in [1.165, 1.54) is 23.1 Å². The van der Waals surface area contributed by atoms with Crippen LogP contribution >= 0.6 is 50.6 Å². The fourth-order valence-electron chi connectivity index (χ4n) is 2.03. The second-order valence-electron chi connectivity index (χ2n) is 5.08. The molecule has 3 aromatic rings. The summed E-state index contributed by atoms with van der Waals surface area (Å²) in [5, 5.41) is 15.0. The third-order valence-corrected chi connectivity index (χ3v) is 6.11. The summed E-state index contributed by atoms with van der Waals surface area (Å²) < 4.78 is 3.20. The third kappa shape index (κ3) is 5.04. The molecule has 10 heteroatoms. The number of halogens is 2. The van der Waals surface area contributed by atoms with Crippen molar-refractivity contribution in [3.05, 3.63) is 44.0 Å². The van der Waals surface area contributed by atoms with Gasteiger partial charge in [0.2, 0.25) is 11.1 Å². The van der Waals surface area contributed by atoms with Gasteiger partial charge < -0.3 is 5.32 Å². The fourth-order valence-corrected chi connectivity index (χ4v) is 4.28. The van der Waals surface area contributed by atoms with Crippen LogP contribution < -0.4 is 5.32 Å². The normalized spacial score (nSPS) is 10.8. The molecule has 0 aliphatic rings. The molecule has 3 rings (SSSR count). The maximum absolute atomic E-state index is 12.3. The number of benzene rings is 1. The van der Waals surface area contributed by atoms with Gasteiger partial charge in [0, 0.05) is 27.7 Å². The minimum absolute atomic E-state index is 0.0550. The molecular formula is C15H13BrClN5OS2. The molecule has 0 saturated carbocycles. The van der Waals surface area contributed by atoms with E-state index >= 15 is 0 Å². The largest absolute Gasteiger partial charge is 0.325 e. The molecule has 0 radical (unpaired) electrons. The van der Waals surface area contributed by atoms with Crippen LogP contribution in [0.2, 0.25) is 4.34 Å². The maximum Gasteiger partial charge on any atom is 0.224 e. The minimum Gasteiger partial charge on any atom is -0.325 e. The lowest BCUT2D eigenvalue weighted by Gasteiger charge is -2.10. The zero-order chi connectivity index (χ0) is 17.8. The van der Waals surface area contributed by atoms with Crippen molar-refractivity contribution in [2.24, 2.45) is 7.05 Å². The van der Waals surface area contributed by atoms with Crippen LogP contribution in [-0.4, -0.2) is 26.1 Å². The number of thiophene rings is 1. The van der Waals surface area contributed by atoms with Gasteiger partial charge in [-0.25, -0.2) is 4.68 Å². The van der Waals surface area contributed by atoms with Crippen molar-refractivity contribution >= 4 is 62.2 Å². The first kappa shape index (κ1) is 18.4. The smallest absolute Gasteiger partial charge is 0.224 e. The second kappa shape index (κ2) is 8.31. The zero-order valence-electron chi connectivity index (χ0n) is 13.1. The molecule has 1 aromatic carbocycles. The predicted molar refractivity (Wildman–Crippen MR) is 103 cm³/mol. The molecule has 0 unspecified atom stereocenters. The number of tetrazole rings is 1. The van der Waals surface area contributed by atoms with Gasteiger partial charge in [-0.2, -0.15) is 0 Å². The summed E-state index contributed by atoms with van der Waals surface area (Å²) in [5.74, 6) is -0.0550. The first-order chi connectivity index (χ1) is 12.0. The van der Waals surface area contributed by atoms with Crippen molar-refractivity contribution in [1.29, 1.82) is 0 Å². The SMILES string of the molecule is Cn1nnnc1Sc1ccc(Br)cc1NC(=O)CCc1ccc(Cl)s1. The molecule has 130 valence electrons. The first-order valence-corrected chi connectivity index (χ1v) is 10.1. The van der Waals surface area contributed by atoms with E-state index in [-0.39, 0.29) is 5.91 Å². The summed E-state index contributed by atoms with van der Waals surface area (Å²) in [5.41, 5.74) is 0.719. The predicted octanol–water partition coefficient (Wildman–Crippen LogP) is 4.41. The molecular weight excluding hydrogens is 446 g/mol. The molecule has 1 amide bonds. The molecule has 2 aromatic heterocycles. The van der Waals surface area contributed by atoms with Crippen LogP contribution in [0.5, 0.6) is 0 Å². The van der Waals surface area contributed by atoms with Gasteiger partial charge in [-0.05, 0) is 58.9 Å². The first-order valence-electron chi connectivity index (χ1n) is 7.25. The number of aromatic nitrogens is 4. The Bertz CT molecular complexity index is 898. The van der Waals surface area contributed by atoms with Gasteiger partial charge in [0.1, 0.15) is 0 Å². The highest BCUT2D eigenvalue weighted by atomic mass is 79.9. The molecule has 0 bridgehead atoms. The minimum atomic E-state index is -0.0550. The van der Waals surface area contributed by atoms with Crippen LogP contribution in [0.25, 0.3) is 0 Å². The van der Waals surface area contributed by atoms with E-state index in [1.54, 1.807) is 11.7 Å². The average Bonchev–Trinajstić information content (AvgIpc) is 3.17. The van der Waals surface area contributed by atoms with Crippen molar-refractivity contribution < 1.29 is 4.79 Å². The summed E-state index contributed by atoms with van der Waals surface area (Å²) in [6, 6.07) is 9.48. The Kier molecular flexibility index (Phi) is 6.10. The second-order valence-corrected chi connectivity index (χ2v) is 8.81. The summed E-state index contributed by atoms with van der Waals surface area (Å²) in [7, 11) is 1.77. The Hall–Kier alpha value is -1.42. The number of anilines is 1. The van der Waals surface area contributed by atoms with Crippen LogP contribution in [0.15, 0.2) is 44.9 Å². The number of hydrogen-bond donors (Lipinski definition) is 1. The zero-order valence-corrected chi connectivity index (χ0v) is 17.0. The lowest BCUT2D eigenvalue weighted by Crippen LogP contribution is -2.12. The lowest BCUT2D eigenvalue weighted by molar-refractivity contribution is -0.116. The molecule has 25 heavy (non-hydrogen) atoms. The summed E-state index contributed by atoms with van der Waals surface area (Å²) in [4.78, 5) is 14.3. The number of nitrogens with zero attached hydrogens (tertiary/aromatic N) is 4. The van der Waals surface area contributed by atoms with E-state index < -0.39 is 0 Å². The van der Waals surface area contributed by atoms with Gasteiger partial charge in [0.05, 0.1) is 10.0 Å². The van der Waals surface area contributed by atoms with Crippen molar-refractivity contribution in [3.8, 4) is 0 Å². The highest BCUT2D eigenvalue weighted by Gasteiger charge is 2.12. The molecule has 1 N–H and O–H groups in total. The van der Waals surface area contributed by atoms with Crippen LogP contribution in [0, 0.1) is 0 Å². The lowest BCUT2D eigenvalue weighted by atomic mass is 10.2. The van der Waals surface area contributed by atoms with Gasteiger partial charge in [-0.3, -0.25) is 4.79 Å². The Morgan fingerprint density at radius 1 is 1.40 bits per heavy atom. The van der Waals surface area contributed by atoms with Crippen LogP contribution in [0.1, 0.15) is 11.3 Å². The highest BCUT2D eigenvalue weighted by molar-refractivity contribution is 9.10.